The topological polar surface area (TPSA) is 330 Å². The first-order chi connectivity index (χ1) is 20.4. The molecule has 2 saturated carbocycles. The number of hydrogen-bond donors (Lipinski definition) is 13. The quantitative estimate of drug-likeness (QED) is 0.0897. The van der Waals surface area contributed by atoms with E-state index in [0.717, 1.165) is 0 Å². The van der Waals surface area contributed by atoms with Gasteiger partial charge in [0.25, 0.3) is 5.91 Å². The SMILES string of the molecule is NCCCN[C@@H]1C[C@H](O)[C@@H](CN)O[C@@H]1OC1[C@@H](N)C[C@@H](NC(=O)C2(O)CC2N)[C@H](O[C@H]2O[C@H](CO)[C@@H](O)[C@H](N)[C@H]2O)[C@H]1O. The Morgan fingerprint density at radius 1 is 0.907 bits per heavy atom. The summed E-state index contributed by atoms with van der Waals surface area (Å²) in [7, 11) is 0. The van der Waals surface area contributed by atoms with Crippen LogP contribution in [0.1, 0.15) is 25.7 Å². The van der Waals surface area contributed by atoms with Crippen molar-refractivity contribution in [3.05, 3.63) is 0 Å². The van der Waals surface area contributed by atoms with Crippen molar-refractivity contribution in [1.82, 2.24) is 10.6 Å². The summed E-state index contributed by atoms with van der Waals surface area (Å²) in [6, 6.07) is -4.47. The molecule has 43 heavy (non-hydrogen) atoms. The van der Waals surface area contributed by atoms with E-state index in [1.807, 2.05) is 0 Å². The van der Waals surface area contributed by atoms with Crippen molar-refractivity contribution >= 4 is 5.91 Å². The van der Waals surface area contributed by atoms with Crippen LogP contribution in [0.25, 0.3) is 0 Å². The molecule has 2 aliphatic heterocycles. The van der Waals surface area contributed by atoms with Gasteiger partial charge >= 0.3 is 0 Å². The lowest BCUT2D eigenvalue weighted by Gasteiger charge is -2.49. The van der Waals surface area contributed by atoms with Crippen molar-refractivity contribution in [1.29, 1.82) is 0 Å². The van der Waals surface area contributed by atoms with Crippen LogP contribution in [0.4, 0.5) is 0 Å². The highest BCUT2D eigenvalue weighted by atomic mass is 16.7. The van der Waals surface area contributed by atoms with Crippen molar-refractivity contribution < 1.29 is 54.4 Å². The van der Waals surface area contributed by atoms with E-state index in [9.17, 15) is 35.4 Å². The average Bonchev–Trinajstić information content (AvgIpc) is 3.60. The van der Waals surface area contributed by atoms with Crippen LogP contribution in [0.15, 0.2) is 0 Å². The Hall–Kier alpha value is -1.17. The maximum Gasteiger partial charge on any atom is 0.253 e. The van der Waals surface area contributed by atoms with Gasteiger partial charge in [0.2, 0.25) is 0 Å². The monoisotopic (exact) mass is 623 g/mol. The lowest BCUT2D eigenvalue weighted by molar-refractivity contribution is -0.316. The Bertz CT molecular complexity index is 927. The van der Waals surface area contributed by atoms with Crippen LogP contribution in [-0.2, 0) is 23.7 Å². The molecule has 0 spiro atoms. The molecule has 250 valence electrons. The molecule has 0 radical (unpaired) electrons. The van der Waals surface area contributed by atoms with Gasteiger partial charge in [-0.3, -0.25) is 4.79 Å². The van der Waals surface area contributed by atoms with Gasteiger partial charge in [0, 0.05) is 25.0 Å². The second-order valence-corrected chi connectivity index (χ2v) is 12.0. The molecule has 18 nitrogen and oxygen atoms in total. The molecular weight excluding hydrogens is 574 g/mol. The molecule has 0 bridgehead atoms. The molecule has 18 heteroatoms. The third-order valence-corrected chi connectivity index (χ3v) is 8.81. The van der Waals surface area contributed by atoms with Crippen molar-refractivity contribution in [2.24, 2.45) is 28.7 Å². The molecule has 3 unspecified atom stereocenters. The zero-order valence-electron chi connectivity index (χ0n) is 23.9. The number of aliphatic hydroxyl groups is 6. The molecule has 2 saturated heterocycles. The Morgan fingerprint density at radius 3 is 2.16 bits per heavy atom. The summed E-state index contributed by atoms with van der Waals surface area (Å²) in [5, 5.41) is 69.0. The predicted molar refractivity (Wildman–Crippen MR) is 147 cm³/mol. The third kappa shape index (κ3) is 7.46. The number of carbonyl (C=O) groups excluding carboxylic acids is 1. The Labute approximate surface area is 249 Å². The smallest absolute Gasteiger partial charge is 0.253 e. The fourth-order valence-corrected chi connectivity index (χ4v) is 5.90. The molecular formula is C25H49N7O11. The number of rotatable bonds is 12. The molecule has 4 fully saturated rings. The van der Waals surface area contributed by atoms with E-state index < -0.39 is 110 Å². The third-order valence-electron chi connectivity index (χ3n) is 8.81. The normalized spacial score (nSPS) is 48.6. The van der Waals surface area contributed by atoms with E-state index in [1.165, 1.54) is 0 Å². The van der Waals surface area contributed by atoms with Crippen LogP contribution in [0.5, 0.6) is 0 Å². The lowest BCUT2D eigenvalue weighted by Crippen LogP contribution is -2.69. The molecule has 0 aromatic heterocycles. The highest BCUT2D eigenvalue weighted by Crippen LogP contribution is 2.36. The molecule has 2 aliphatic carbocycles. The number of ether oxygens (including phenoxy) is 4. The number of aliphatic hydroxyl groups excluding tert-OH is 5. The maximum absolute atomic E-state index is 12.9. The largest absolute Gasteiger partial charge is 0.394 e. The van der Waals surface area contributed by atoms with Gasteiger partial charge < -0.3 is 88.9 Å². The summed E-state index contributed by atoms with van der Waals surface area (Å²) in [6.07, 6.45) is -11.5. The van der Waals surface area contributed by atoms with Crippen molar-refractivity contribution in [3.63, 3.8) is 0 Å². The van der Waals surface area contributed by atoms with Gasteiger partial charge in [0.1, 0.15) is 36.6 Å². The van der Waals surface area contributed by atoms with E-state index in [4.69, 9.17) is 47.6 Å². The Balaban J connectivity index is 1.56. The van der Waals surface area contributed by atoms with E-state index >= 15 is 0 Å². The average molecular weight is 624 g/mol. The number of carbonyl (C=O) groups is 1. The molecule has 0 aromatic carbocycles. The highest BCUT2D eigenvalue weighted by Gasteiger charge is 2.59. The molecule has 4 rings (SSSR count). The minimum Gasteiger partial charge on any atom is -0.394 e. The fraction of sp³-hybridized carbons (Fsp3) is 0.960. The molecule has 4 aliphatic rings. The zero-order valence-corrected chi connectivity index (χ0v) is 23.9. The first kappa shape index (κ1) is 34.7. The van der Waals surface area contributed by atoms with Crippen LogP contribution >= 0.6 is 0 Å². The summed E-state index contributed by atoms with van der Waals surface area (Å²) in [5.41, 5.74) is 27.7. The first-order valence-corrected chi connectivity index (χ1v) is 14.7. The van der Waals surface area contributed by atoms with Crippen molar-refractivity contribution in [2.45, 2.75) is 123 Å². The minimum atomic E-state index is -1.79. The lowest BCUT2D eigenvalue weighted by atomic mass is 9.83. The van der Waals surface area contributed by atoms with Gasteiger partial charge in [-0.25, -0.2) is 0 Å². The molecule has 1 amide bonds. The number of nitrogens with one attached hydrogen (secondary N) is 2. The van der Waals surface area contributed by atoms with E-state index in [1.54, 1.807) is 0 Å². The van der Waals surface area contributed by atoms with Crippen molar-refractivity contribution in [2.75, 3.05) is 26.2 Å². The van der Waals surface area contributed by atoms with Crippen LogP contribution in [0, 0.1) is 0 Å². The van der Waals surface area contributed by atoms with Gasteiger partial charge in [-0.1, -0.05) is 0 Å². The van der Waals surface area contributed by atoms with Crippen LogP contribution in [0.3, 0.4) is 0 Å². The van der Waals surface area contributed by atoms with Crippen LogP contribution in [0.2, 0.25) is 0 Å². The van der Waals surface area contributed by atoms with Gasteiger partial charge in [0.15, 0.2) is 18.2 Å². The van der Waals surface area contributed by atoms with Gasteiger partial charge in [-0.15, -0.1) is 0 Å². The van der Waals surface area contributed by atoms with Gasteiger partial charge in [-0.2, -0.15) is 0 Å². The maximum atomic E-state index is 12.9. The summed E-state index contributed by atoms with van der Waals surface area (Å²) in [5.74, 6) is -0.789. The summed E-state index contributed by atoms with van der Waals surface area (Å²) in [4.78, 5) is 12.9. The molecule has 0 aromatic rings. The zero-order chi connectivity index (χ0) is 31.6. The summed E-state index contributed by atoms with van der Waals surface area (Å²) >= 11 is 0. The van der Waals surface area contributed by atoms with Gasteiger partial charge in [-0.05, 0) is 32.4 Å². The number of hydrogen-bond acceptors (Lipinski definition) is 17. The highest BCUT2D eigenvalue weighted by molar-refractivity contribution is 5.89. The first-order valence-electron chi connectivity index (χ1n) is 14.7. The summed E-state index contributed by atoms with van der Waals surface area (Å²) < 4.78 is 23.7. The number of nitrogens with two attached hydrogens (primary N) is 5. The predicted octanol–water partition coefficient (Wildman–Crippen LogP) is -7.70. The summed E-state index contributed by atoms with van der Waals surface area (Å²) in [6.45, 7) is 0.312. The Kier molecular flexibility index (Phi) is 11.7. The molecule has 16 atom stereocenters. The van der Waals surface area contributed by atoms with Crippen molar-refractivity contribution in [3.8, 4) is 0 Å². The number of amides is 1. The molecule has 2 heterocycles. The fourth-order valence-electron chi connectivity index (χ4n) is 5.90. The molecule has 18 N–H and O–H groups in total. The van der Waals surface area contributed by atoms with Crippen LogP contribution < -0.4 is 39.3 Å². The second kappa shape index (κ2) is 14.5. The minimum absolute atomic E-state index is 0.00967. The standard InChI is InChI=1S/C25H49N7O11/c26-2-1-3-31-11-5-12(34)13(7-27)40-22(11)42-20-9(28)4-10(32-24(38)25(39)6-15(25)29)21(19(20)37)43-23-18(36)16(30)17(35)14(8-33)41-23/h9-23,31,33-37,39H,1-8,26-30H2,(H,32,38)/t9-,10+,11+,12-,13+,14+,15?,16-,17+,18+,19-,20?,21-,22+,23+,25?/m0/s1. The second-order valence-electron chi connectivity index (χ2n) is 12.0. The van der Waals surface area contributed by atoms with E-state index in [2.05, 4.69) is 10.6 Å². The van der Waals surface area contributed by atoms with E-state index in [0.29, 0.717) is 19.5 Å². The Morgan fingerprint density at radius 2 is 1.56 bits per heavy atom. The van der Waals surface area contributed by atoms with E-state index in [-0.39, 0.29) is 25.8 Å². The van der Waals surface area contributed by atoms with Crippen LogP contribution in [-0.4, -0.2) is 160 Å². The van der Waals surface area contributed by atoms with Gasteiger partial charge in [0.05, 0.1) is 36.9 Å².